The van der Waals surface area contributed by atoms with Crippen LogP contribution in [0.4, 0.5) is 0 Å². The summed E-state index contributed by atoms with van der Waals surface area (Å²) in [6.07, 6.45) is 7.09. The van der Waals surface area contributed by atoms with Crippen LogP contribution in [-0.4, -0.2) is 21.8 Å². The summed E-state index contributed by atoms with van der Waals surface area (Å²) in [6, 6.07) is 2.82. The lowest BCUT2D eigenvalue weighted by atomic mass is 10.0. The van der Waals surface area contributed by atoms with Gasteiger partial charge in [0.25, 0.3) is 0 Å². The Balaban J connectivity index is 1.50. The second kappa shape index (κ2) is 6.11. The second-order valence-electron chi connectivity index (χ2n) is 4.97. The first-order chi connectivity index (χ1) is 9.33. The summed E-state index contributed by atoms with van der Waals surface area (Å²) < 4.78 is 1.50. The van der Waals surface area contributed by atoms with Gasteiger partial charge in [-0.2, -0.15) is 0 Å². The molecule has 0 saturated carbocycles. The van der Waals surface area contributed by atoms with Crippen molar-refractivity contribution >= 4 is 23.1 Å². The molecule has 3 nitrogen and oxygen atoms in total. The van der Waals surface area contributed by atoms with Gasteiger partial charge in [0.2, 0.25) is 0 Å². The number of aryl methyl sites for hydroxylation is 1. The highest BCUT2D eigenvalue weighted by molar-refractivity contribution is 8.01. The van der Waals surface area contributed by atoms with Crippen molar-refractivity contribution < 1.29 is 0 Å². The molecule has 5 heteroatoms. The standard InChI is InChI=1S/C14H19N3S2/c1-10-9-12(11-4-8-18-14(11)19-10)15-5-2-3-13-16-6-7-17-13/h4,6-8,10,12,15H,2-3,5,9H2,1H3,(H,16,17)/t10-,12?/m0/s1. The fourth-order valence-corrected chi connectivity index (χ4v) is 5.08. The molecular weight excluding hydrogens is 274 g/mol. The van der Waals surface area contributed by atoms with E-state index in [9.17, 15) is 0 Å². The third-order valence-corrected chi connectivity index (χ3v) is 5.79. The van der Waals surface area contributed by atoms with E-state index >= 15 is 0 Å². The quantitative estimate of drug-likeness (QED) is 0.827. The molecule has 0 spiro atoms. The maximum absolute atomic E-state index is 4.26. The highest BCUT2D eigenvalue weighted by Gasteiger charge is 2.25. The molecule has 0 saturated heterocycles. The van der Waals surface area contributed by atoms with Gasteiger partial charge in [0, 0.05) is 30.1 Å². The van der Waals surface area contributed by atoms with Crippen LogP contribution >= 0.6 is 23.1 Å². The zero-order valence-corrected chi connectivity index (χ0v) is 12.7. The maximum atomic E-state index is 4.26. The molecule has 1 aliphatic rings. The van der Waals surface area contributed by atoms with Crippen molar-refractivity contribution in [1.29, 1.82) is 0 Å². The molecular formula is C14H19N3S2. The summed E-state index contributed by atoms with van der Waals surface area (Å²) in [5.41, 5.74) is 1.51. The van der Waals surface area contributed by atoms with E-state index < -0.39 is 0 Å². The minimum absolute atomic E-state index is 0.536. The second-order valence-corrected chi connectivity index (χ2v) is 7.60. The molecule has 2 atom stereocenters. The van der Waals surface area contributed by atoms with E-state index in [1.165, 1.54) is 16.2 Å². The number of aromatic nitrogens is 2. The van der Waals surface area contributed by atoms with Crippen LogP contribution in [0.25, 0.3) is 0 Å². The SMILES string of the molecule is C[C@H]1CC(NCCCc2ncc[nH]2)c2ccsc2S1. The largest absolute Gasteiger partial charge is 0.349 e. The van der Waals surface area contributed by atoms with E-state index in [2.05, 4.69) is 33.7 Å². The van der Waals surface area contributed by atoms with E-state index in [1.807, 2.05) is 35.5 Å². The Morgan fingerprint density at radius 2 is 2.47 bits per heavy atom. The Morgan fingerprint density at radius 3 is 3.32 bits per heavy atom. The summed E-state index contributed by atoms with van der Waals surface area (Å²) in [6.45, 7) is 3.38. The van der Waals surface area contributed by atoms with Gasteiger partial charge >= 0.3 is 0 Å². The van der Waals surface area contributed by atoms with E-state index in [0.717, 1.165) is 25.2 Å². The molecule has 1 unspecified atom stereocenters. The number of rotatable bonds is 5. The van der Waals surface area contributed by atoms with Gasteiger partial charge in [0.05, 0.1) is 4.21 Å². The first-order valence-electron chi connectivity index (χ1n) is 6.78. The third-order valence-electron chi connectivity index (χ3n) is 3.45. The number of aromatic amines is 1. The van der Waals surface area contributed by atoms with Crippen LogP contribution in [0.1, 0.15) is 37.2 Å². The number of nitrogens with one attached hydrogen (secondary N) is 2. The van der Waals surface area contributed by atoms with Gasteiger partial charge in [-0.05, 0) is 36.4 Å². The topological polar surface area (TPSA) is 40.7 Å². The predicted molar refractivity (Wildman–Crippen MR) is 81.9 cm³/mol. The Bertz CT molecular complexity index is 507. The number of H-pyrrole nitrogens is 1. The van der Waals surface area contributed by atoms with Crippen LogP contribution in [0.3, 0.4) is 0 Å². The molecule has 0 bridgehead atoms. The van der Waals surface area contributed by atoms with Gasteiger partial charge in [0.1, 0.15) is 5.82 Å². The van der Waals surface area contributed by atoms with E-state index in [4.69, 9.17) is 0 Å². The van der Waals surface area contributed by atoms with Crippen LogP contribution in [0.15, 0.2) is 28.0 Å². The van der Waals surface area contributed by atoms with E-state index in [0.29, 0.717) is 11.3 Å². The van der Waals surface area contributed by atoms with Gasteiger partial charge in [-0.1, -0.05) is 6.92 Å². The summed E-state index contributed by atoms with van der Waals surface area (Å²) in [4.78, 5) is 7.41. The van der Waals surface area contributed by atoms with Crippen LogP contribution in [0.5, 0.6) is 0 Å². The van der Waals surface area contributed by atoms with Crippen molar-refractivity contribution in [1.82, 2.24) is 15.3 Å². The number of hydrogen-bond donors (Lipinski definition) is 2. The number of thiophene rings is 1. The molecule has 0 fully saturated rings. The lowest BCUT2D eigenvalue weighted by Crippen LogP contribution is -2.27. The van der Waals surface area contributed by atoms with Crippen molar-refractivity contribution in [2.24, 2.45) is 0 Å². The van der Waals surface area contributed by atoms with Crippen LogP contribution < -0.4 is 5.32 Å². The minimum atomic E-state index is 0.536. The third kappa shape index (κ3) is 3.22. The fourth-order valence-electron chi connectivity index (χ4n) is 2.51. The zero-order chi connectivity index (χ0) is 13.1. The summed E-state index contributed by atoms with van der Waals surface area (Å²) in [5, 5.41) is 6.64. The maximum Gasteiger partial charge on any atom is 0.106 e. The molecule has 0 amide bonds. The molecule has 102 valence electrons. The first kappa shape index (κ1) is 13.2. The normalized spacial score (nSPS) is 22.4. The Morgan fingerprint density at radius 1 is 1.53 bits per heavy atom. The van der Waals surface area contributed by atoms with Crippen molar-refractivity contribution in [2.75, 3.05) is 6.54 Å². The van der Waals surface area contributed by atoms with Crippen LogP contribution in [-0.2, 0) is 6.42 Å². The molecule has 2 aromatic rings. The first-order valence-corrected chi connectivity index (χ1v) is 8.54. The van der Waals surface area contributed by atoms with Crippen molar-refractivity contribution in [3.05, 3.63) is 35.2 Å². The van der Waals surface area contributed by atoms with Crippen molar-refractivity contribution in [2.45, 2.75) is 41.7 Å². The minimum Gasteiger partial charge on any atom is -0.349 e. The zero-order valence-electron chi connectivity index (χ0n) is 11.1. The molecule has 1 aliphatic heterocycles. The molecule has 0 radical (unpaired) electrons. The number of nitrogens with zero attached hydrogens (tertiary/aromatic N) is 1. The smallest absolute Gasteiger partial charge is 0.106 e. The highest BCUT2D eigenvalue weighted by atomic mass is 32.2. The molecule has 2 aromatic heterocycles. The molecule has 0 aliphatic carbocycles. The average Bonchev–Trinajstić information content (AvgIpc) is 3.04. The number of hydrogen-bond acceptors (Lipinski definition) is 4. The lowest BCUT2D eigenvalue weighted by molar-refractivity contribution is 0.481. The average molecular weight is 293 g/mol. The van der Waals surface area contributed by atoms with E-state index in [-0.39, 0.29) is 0 Å². The van der Waals surface area contributed by atoms with Crippen LogP contribution in [0, 0.1) is 0 Å². The number of thioether (sulfide) groups is 1. The lowest BCUT2D eigenvalue weighted by Gasteiger charge is -2.27. The predicted octanol–water partition coefficient (Wildman–Crippen LogP) is 3.62. The molecule has 2 N–H and O–H groups in total. The van der Waals surface area contributed by atoms with Crippen molar-refractivity contribution in [3.8, 4) is 0 Å². The van der Waals surface area contributed by atoms with Gasteiger partial charge in [0.15, 0.2) is 0 Å². The van der Waals surface area contributed by atoms with Gasteiger partial charge < -0.3 is 10.3 Å². The summed E-state index contributed by atoms with van der Waals surface area (Å²) in [5.74, 6) is 1.09. The molecule has 0 aromatic carbocycles. The van der Waals surface area contributed by atoms with Gasteiger partial charge in [-0.3, -0.25) is 0 Å². The van der Waals surface area contributed by atoms with Crippen LogP contribution in [0.2, 0.25) is 0 Å². The summed E-state index contributed by atoms with van der Waals surface area (Å²) >= 11 is 3.90. The van der Waals surface area contributed by atoms with Crippen molar-refractivity contribution in [3.63, 3.8) is 0 Å². The van der Waals surface area contributed by atoms with Gasteiger partial charge in [-0.15, -0.1) is 23.1 Å². The number of fused-ring (bicyclic) bond motifs is 1. The molecule has 3 heterocycles. The Kier molecular flexibility index (Phi) is 4.25. The monoisotopic (exact) mass is 293 g/mol. The van der Waals surface area contributed by atoms with Gasteiger partial charge in [-0.25, -0.2) is 4.98 Å². The molecule has 19 heavy (non-hydrogen) atoms. The Labute approximate surface area is 122 Å². The van der Waals surface area contributed by atoms with E-state index in [1.54, 1.807) is 0 Å². The highest BCUT2D eigenvalue weighted by Crippen LogP contribution is 2.43. The fraction of sp³-hybridized carbons (Fsp3) is 0.500. The molecule has 3 rings (SSSR count). The number of imidazole rings is 1. The Hall–Kier alpha value is -0.780. The summed E-state index contributed by atoms with van der Waals surface area (Å²) in [7, 11) is 0.